The number of pyridine rings is 1. The van der Waals surface area contributed by atoms with Crippen LogP contribution in [0.4, 0.5) is 4.79 Å². The van der Waals surface area contributed by atoms with Gasteiger partial charge in [0.25, 0.3) is 0 Å². The van der Waals surface area contributed by atoms with Crippen molar-refractivity contribution in [2.45, 2.75) is 6.54 Å². The number of amides is 1. The summed E-state index contributed by atoms with van der Waals surface area (Å²) in [5, 5.41) is 2.61. The van der Waals surface area contributed by atoms with Crippen molar-refractivity contribution in [3.63, 3.8) is 0 Å². The van der Waals surface area contributed by atoms with Gasteiger partial charge in [-0.3, -0.25) is 4.98 Å². The summed E-state index contributed by atoms with van der Waals surface area (Å²) in [5.74, 6) is 0. The van der Waals surface area contributed by atoms with Crippen LogP contribution in [-0.2, 0) is 11.3 Å². The van der Waals surface area contributed by atoms with Gasteiger partial charge in [-0.25, -0.2) is 9.78 Å². The molecule has 1 amide bonds. The lowest BCUT2D eigenvalue weighted by Crippen LogP contribution is -2.26. The minimum absolute atomic E-state index is 0.428. The number of aromatic nitrogens is 3. The van der Waals surface area contributed by atoms with E-state index < -0.39 is 6.09 Å². The third-order valence-corrected chi connectivity index (χ3v) is 2.42. The molecule has 6 heteroatoms. The van der Waals surface area contributed by atoms with Crippen LogP contribution in [0.5, 0.6) is 0 Å². The van der Waals surface area contributed by atoms with Gasteiger partial charge < -0.3 is 14.6 Å². The summed E-state index contributed by atoms with van der Waals surface area (Å²) >= 11 is 0. The molecular formula is C12H14N4O2. The van der Waals surface area contributed by atoms with Crippen LogP contribution in [0.3, 0.4) is 0 Å². The van der Waals surface area contributed by atoms with Gasteiger partial charge in [-0.15, -0.1) is 0 Å². The van der Waals surface area contributed by atoms with Crippen molar-refractivity contribution in [1.29, 1.82) is 0 Å². The van der Waals surface area contributed by atoms with E-state index in [-0.39, 0.29) is 0 Å². The molecule has 0 unspecified atom stereocenters. The summed E-state index contributed by atoms with van der Waals surface area (Å²) in [6.45, 7) is 1.14. The number of methoxy groups -OCH3 is 1. The number of hydrogen-bond donors (Lipinski definition) is 1. The number of rotatable bonds is 4. The summed E-state index contributed by atoms with van der Waals surface area (Å²) < 4.78 is 6.38. The van der Waals surface area contributed by atoms with E-state index in [1.807, 2.05) is 22.9 Å². The standard InChI is InChI=1S/C12H14N4O2/c1-18-12(17)14-5-6-16-8-11(15-9-16)10-3-2-4-13-7-10/h2-4,7-9H,5-6H2,1H3,(H,14,17). The number of nitrogens with zero attached hydrogens (tertiary/aromatic N) is 3. The van der Waals surface area contributed by atoms with Gasteiger partial charge >= 0.3 is 6.09 Å². The van der Waals surface area contributed by atoms with E-state index in [0.29, 0.717) is 13.1 Å². The lowest BCUT2D eigenvalue weighted by atomic mass is 10.2. The van der Waals surface area contributed by atoms with E-state index in [2.05, 4.69) is 20.0 Å². The number of carbonyl (C=O) groups is 1. The van der Waals surface area contributed by atoms with Crippen molar-refractivity contribution in [2.75, 3.05) is 13.7 Å². The van der Waals surface area contributed by atoms with Gasteiger partial charge in [-0.05, 0) is 12.1 Å². The van der Waals surface area contributed by atoms with Crippen LogP contribution in [0.25, 0.3) is 11.3 Å². The minimum atomic E-state index is -0.428. The Bertz CT molecular complexity index is 510. The first-order valence-electron chi connectivity index (χ1n) is 5.53. The summed E-state index contributed by atoms with van der Waals surface area (Å²) in [4.78, 5) is 19.2. The van der Waals surface area contributed by atoms with Crippen molar-refractivity contribution < 1.29 is 9.53 Å². The molecule has 2 heterocycles. The number of nitrogens with one attached hydrogen (secondary N) is 1. The van der Waals surface area contributed by atoms with E-state index in [4.69, 9.17) is 0 Å². The van der Waals surface area contributed by atoms with Gasteiger partial charge in [0, 0.05) is 37.2 Å². The van der Waals surface area contributed by atoms with Gasteiger partial charge in [0.2, 0.25) is 0 Å². The average Bonchev–Trinajstić information content (AvgIpc) is 2.88. The van der Waals surface area contributed by atoms with Gasteiger partial charge in [-0.2, -0.15) is 0 Å². The number of alkyl carbamates (subject to hydrolysis) is 1. The zero-order valence-corrected chi connectivity index (χ0v) is 10.0. The number of hydrogen-bond acceptors (Lipinski definition) is 4. The molecule has 6 nitrogen and oxygen atoms in total. The van der Waals surface area contributed by atoms with Gasteiger partial charge in [0.15, 0.2) is 0 Å². The molecule has 0 aliphatic carbocycles. The van der Waals surface area contributed by atoms with E-state index >= 15 is 0 Å². The molecule has 0 aliphatic heterocycles. The second-order valence-electron chi connectivity index (χ2n) is 3.66. The quantitative estimate of drug-likeness (QED) is 0.882. The lowest BCUT2D eigenvalue weighted by molar-refractivity contribution is 0.170. The zero-order valence-electron chi connectivity index (χ0n) is 10.0. The third kappa shape index (κ3) is 3.07. The number of carbonyl (C=O) groups excluding carboxylic acids is 1. The molecular weight excluding hydrogens is 232 g/mol. The Hall–Kier alpha value is -2.37. The highest BCUT2D eigenvalue weighted by atomic mass is 16.5. The molecule has 2 rings (SSSR count). The normalized spacial score (nSPS) is 10.1. The zero-order chi connectivity index (χ0) is 12.8. The highest BCUT2D eigenvalue weighted by molar-refractivity contribution is 5.66. The fraction of sp³-hybridized carbons (Fsp3) is 0.250. The molecule has 0 aromatic carbocycles. The summed E-state index contributed by atoms with van der Waals surface area (Å²) in [6, 6.07) is 3.82. The number of ether oxygens (including phenoxy) is 1. The Morgan fingerprint density at radius 2 is 2.44 bits per heavy atom. The van der Waals surface area contributed by atoms with E-state index in [1.54, 1.807) is 18.7 Å². The minimum Gasteiger partial charge on any atom is -0.453 e. The van der Waals surface area contributed by atoms with Crippen LogP contribution >= 0.6 is 0 Å². The fourth-order valence-electron chi connectivity index (χ4n) is 1.50. The average molecular weight is 246 g/mol. The first-order chi connectivity index (χ1) is 8.79. The molecule has 0 saturated heterocycles. The van der Waals surface area contributed by atoms with E-state index in [9.17, 15) is 4.79 Å². The Morgan fingerprint density at radius 1 is 1.56 bits per heavy atom. The van der Waals surface area contributed by atoms with Crippen LogP contribution in [0, 0.1) is 0 Å². The van der Waals surface area contributed by atoms with Gasteiger partial charge in [0.1, 0.15) is 0 Å². The van der Waals surface area contributed by atoms with Crippen LogP contribution in [0.15, 0.2) is 37.1 Å². The van der Waals surface area contributed by atoms with Crippen LogP contribution < -0.4 is 5.32 Å². The largest absolute Gasteiger partial charge is 0.453 e. The highest BCUT2D eigenvalue weighted by Gasteiger charge is 2.02. The third-order valence-electron chi connectivity index (χ3n) is 2.42. The topological polar surface area (TPSA) is 69.0 Å². The summed E-state index contributed by atoms with van der Waals surface area (Å²) in [6.07, 6.45) is 6.69. The van der Waals surface area contributed by atoms with Gasteiger partial charge in [-0.1, -0.05) is 0 Å². The van der Waals surface area contributed by atoms with Gasteiger partial charge in [0.05, 0.1) is 19.1 Å². The maximum atomic E-state index is 10.9. The summed E-state index contributed by atoms with van der Waals surface area (Å²) in [7, 11) is 1.34. The van der Waals surface area contributed by atoms with Crippen LogP contribution in [0.2, 0.25) is 0 Å². The molecule has 0 saturated carbocycles. The first-order valence-corrected chi connectivity index (χ1v) is 5.53. The molecule has 0 radical (unpaired) electrons. The Labute approximate surface area is 105 Å². The maximum absolute atomic E-state index is 10.9. The lowest BCUT2D eigenvalue weighted by Gasteiger charge is -2.03. The summed E-state index contributed by atoms with van der Waals surface area (Å²) in [5.41, 5.74) is 1.83. The molecule has 1 N–H and O–H groups in total. The predicted octanol–water partition coefficient (Wildman–Crippen LogP) is 1.30. The van der Waals surface area contributed by atoms with E-state index in [1.165, 1.54) is 7.11 Å². The predicted molar refractivity (Wildman–Crippen MR) is 65.9 cm³/mol. The first kappa shape index (κ1) is 12.1. The molecule has 94 valence electrons. The maximum Gasteiger partial charge on any atom is 0.406 e. The molecule has 0 fully saturated rings. The molecule has 0 bridgehead atoms. The molecule has 2 aromatic heterocycles. The van der Waals surface area contributed by atoms with Crippen molar-refractivity contribution in [3.8, 4) is 11.3 Å². The molecule has 18 heavy (non-hydrogen) atoms. The van der Waals surface area contributed by atoms with Crippen LogP contribution in [-0.4, -0.2) is 34.3 Å². The Morgan fingerprint density at radius 3 is 3.17 bits per heavy atom. The monoisotopic (exact) mass is 246 g/mol. The SMILES string of the molecule is COC(=O)NCCn1cnc(-c2cccnc2)c1. The van der Waals surface area contributed by atoms with E-state index in [0.717, 1.165) is 11.3 Å². The molecule has 0 aliphatic rings. The van der Waals surface area contributed by atoms with Crippen molar-refractivity contribution in [3.05, 3.63) is 37.1 Å². The second kappa shape index (κ2) is 5.81. The second-order valence-corrected chi connectivity index (χ2v) is 3.66. The fourth-order valence-corrected chi connectivity index (χ4v) is 1.50. The van der Waals surface area contributed by atoms with Crippen molar-refractivity contribution in [1.82, 2.24) is 19.9 Å². The van der Waals surface area contributed by atoms with Crippen molar-refractivity contribution >= 4 is 6.09 Å². The Balaban J connectivity index is 1.93. The van der Waals surface area contributed by atoms with Crippen molar-refractivity contribution in [2.24, 2.45) is 0 Å². The smallest absolute Gasteiger partial charge is 0.406 e. The number of imidazole rings is 1. The molecule has 2 aromatic rings. The molecule has 0 spiro atoms. The van der Waals surface area contributed by atoms with Crippen LogP contribution in [0.1, 0.15) is 0 Å². The Kier molecular flexibility index (Phi) is 3.90. The highest BCUT2D eigenvalue weighted by Crippen LogP contribution is 2.14. The molecule has 0 atom stereocenters.